The fourth-order valence-corrected chi connectivity index (χ4v) is 2.75. The number of hydrogen-bond acceptors (Lipinski definition) is 6. The molecule has 1 aliphatic heterocycles. The highest BCUT2D eigenvalue weighted by atomic mass is 16.5. The number of hydrogen-bond donors (Lipinski definition) is 0. The smallest absolute Gasteiger partial charge is 0.272 e. The van der Waals surface area contributed by atoms with Crippen LogP contribution in [0.15, 0.2) is 36.7 Å². The first kappa shape index (κ1) is 16.7. The Balaban J connectivity index is 1.65. The summed E-state index contributed by atoms with van der Waals surface area (Å²) in [6, 6.07) is 8.90. The van der Waals surface area contributed by atoms with Gasteiger partial charge in [0.05, 0.1) is 12.1 Å². The molecule has 25 heavy (non-hydrogen) atoms. The summed E-state index contributed by atoms with van der Waals surface area (Å²) in [6.07, 6.45) is 3.81. The lowest BCUT2D eigenvalue weighted by atomic mass is 10.2. The van der Waals surface area contributed by atoms with Crippen molar-refractivity contribution >= 4 is 11.7 Å². The van der Waals surface area contributed by atoms with E-state index in [0.717, 1.165) is 12.2 Å². The van der Waals surface area contributed by atoms with Gasteiger partial charge in [0.1, 0.15) is 17.9 Å². The van der Waals surface area contributed by atoms with E-state index < -0.39 is 0 Å². The van der Waals surface area contributed by atoms with Gasteiger partial charge < -0.3 is 14.5 Å². The monoisotopic (exact) mass is 337 g/mol. The van der Waals surface area contributed by atoms with Gasteiger partial charge in [0.2, 0.25) is 0 Å². The number of nitriles is 1. The maximum atomic E-state index is 12.5. The largest absolute Gasteiger partial charge is 0.485 e. The van der Waals surface area contributed by atoms with Crippen LogP contribution in [0.4, 0.5) is 5.82 Å². The Bertz CT molecular complexity index is 798. The Morgan fingerprint density at radius 1 is 1.36 bits per heavy atom. The van der Waals surface area contributed by atoms with E-state index in [9.17, 15) is 4.79 Å². The Morgan fingerprint density at radius 2 is 2.20 bits per heavy atom. The second kappa shape index (κ2) is 7.18. The normalized spacial score (nSPS) is 16.4. The van der Waals surface area contributed by atoms with E-state index in [1.165, 1.54) is 6.20 Å². The molecule has 2 aromatic rings. The minimum Gasteiger partial charge on any atom is -0.485 e. The number of pyridine rings is 2. The third-order valence-corrected chi connectivity index (χ3v) is 4.01. The number of nitrogens with zero attached hydrogens (tertiary/aromatic N) is 5. The summed E-state index contributed by atoms with van der Waals surface area (Å²) in [6.45, 7) is 1.12. The van der Waals surface area contributed by atoms with Gasteiger partial charge in [-0.2, -0.15) is 5.26 Å². The minimum atomic E-state index is -0.144. The number of ether oxygens (including phenoxy) is 1. The molecule has 0 aromatic carbocycles. The van der Waals surface area contributed by atoms with Gasteiger partial charge in [-0.15, -0.1) is 0 Å². The molecule has 0 radical (unpaired) electrons. The van der Waals surface area contributed by atoms with Crippen LogP contribution in [0.25, 0.3) is 0 Å². The van der Waals surface area contributed by atoms with E-state index in [2.05, 4.69) is 9.97 Å². The molecule has 0 aliphatic carbocycles. The lowest BCUT2D eigenvalue weighted by Crippen LogP contribution is -2.31. The maximum absolute atomic E-state index is 12.5. The van der Waals surface area contributed by atoms with Crippen molar-refractivity contribution < 1.29 is 9.53 Å². The van der Waals surface area contributed by atoms with Crippen molar-refractivity contribution in [2.45, 2.75) is 12.5 Å². The van der Waals surface area contributed by atoms with Crippen LogP contribution in [0.3, 0.4) is 0 Å². The standard InChI is InChI=1S/C18H19N5O2/c1-22(2)17-16(4-3-8-20-17)25-14-7-9-23(12-14)18(24)15-6-5-13(10-19)11-21-15/h3-6,8,11,14H,7,9,12H2,1-2H3. The van der Waals surface area contributed by atoms with Crippen LogP contribution in [0.5, 0.6) is 5.75 Å². The molecular formula is C18H19N5O2. The molecular weight excluding hydrogens is 318 g/mol. The predicted molar refractivity (Wildman–Crippen MR) is 92.5 cm³/mol. The van der Waals surface area contributed by atoms with E-state index in [1.807, 2.05) is 37.2 Å². The molecule has 1 saturated heterocycles. The zero-order valence-corrected chi connectivity index (χ0v) is 14.2. The van der Waals surface area contributed by atoms with Gasteiger partial charge >= 0.3 is 0 Å². The van der Waals surface area contributed by atoms with Crippen molar-refractivity contribution in [3.05, 3.63) is 47.9 Å². The second-order valence-corrected chi connectivity index (χ2v) is 6.04. The van der Waals surface area contributed by atoms with E-state index in [0.29, 0.717) is 30.1 Å². The second-order valence-electron chi connectivity index (χ2n) is 6.04. The quantitative estimate of drug-likeness (QED) is 0.845. The number of anilines is 1. The average molecular weight is 337 g/mol. The number of amides is 1. The number of rotatable bonds is 4. The Hall–Kier alpha value is -3.14. The van der Waals surface area contributed by atoms with Crippen LogP contribution in [-0.4, -0.2) is 54.1 Å². The first-order chi connectivity index (χ1) is 12.1. The zero-order chi connectivity index (χ0) is 17.8. The first-order valence-corrected chi connectivity index (χ1v) is 8.03. The van der Waals surface area contributed by atoms with Crippen LogP contribution in [-0.2, 0) is 0 Å². The summed E-state index contributed by atoms with van der Waals surface area (Å²) in [5.74, 6) is 1.33. The average Bonchev–Trinajstić information content (AvgIpc) is 3.10. The predicted octanol–water partition coefficient (Wildman–Crippen LogP) is 1.71. The van der Waals surface area contributed by atoms with Crippen LogP contribution >= 0.6 is 0 Å². The van der Waals surface area contributed by atoms with Crippen LogP contribution in [0, 0.1) is 11.3 Å². The summed E-state index contributed by atoms with van der Waals surface area (Å²) in [5.41, 5.74) is 0.780. The third-order valence-electron chi connectivity index (χ3n) is 4.01. The molecule has 1 fully saturated rings. The zero-order valence-electron chi connectivity index (χ0n) is 14.2. The summed E-state index contributed by atoms with van der Waals surface area (Å²) in [4.78, 5) is 24.5. The van der Waals surface area contributed by atoms with E-state index in [-0.39, 0.29) is 12.0 Å². The third kappa shape index (κ3) is 3.69. The van der Waals surface area contributed by atoms with Gasteiger partial charge in [-0.25, -0.2) is 9.97 Å². The number of carbonyl (C=O) groups is 1. The van der Waals surface area contributed by atoms with Crippen molar-refractivity contribution in [1.29, 1.82) is 5.26 Å². The van der Waals surface area contributed by atoms with Crippen molar-refractivity contribution in [1.82, 2.24) is 14.9 Å². The van der Waals surface area contributed by atoms with Gasteiger partial charge in [-0.3, -0.25) is 4.79 Å². The highest BCUT2D eigenvalue weighted by Gasteiger charge is 2.29. The molecule has 3 heterocycles. The molecule has 2 aromatic heterocycles. The lowest BCUT2D eigenvalue weighted by molar-refractivity contribution is 0.0766. The van der Waals surface area contributed by atoms with Gasteiger partial charge in [0.15, 0.2) is 11.6 Å². The SMILES string of the molecule is CN(C)c1ncccc1OC1CCN(C(=O)c2ccc(C#N)cn2)C1. The van der Waals surface area contributed by atoms with Crippen molar-refractivity contribution in [2.75, 3.05) is 32.1 Å². The van der Waals surface area contributed by atoms with Crippen molar-refractivity contribution in [3.63, 3.8) is 0 Å². The summed E-state index contributed by atoms with van der Waals surface area (Å²) in [7, 11) is 3.83. The van der Waals surface area contributed by atoms with E-state index in [4.69, 9.17) is 10.00 Å². The summed E-state index contributed by atoms with van der Waals surface area (Å²) in [5, 5.41) is 8.80. The number of carbonyl (C=O) groups excluding carboxylic acids is 1. The molecule has 1 atom stereocenters. The Kier molecular flexibility index (Phi) is 4.80. The Morgan fingerprint density at radius 3 is 2.88 bits per heavy atom. The number of aromatic nitrogens is 2. The van der Waals surface area contributed by atoms with Gasteiger partial charge in [0, 0.05) is 39.5 Å². The molecule has 1 aliphatic rings. The molecule has 0 spiro atoms. The molecule has 0 N–H and O–H groups in total. The maximum Gasteiger partial charge on any atom is 0.272 e. The molecule has 3 rings (SSSR count). The molecule has 7 nitrogen and oxygen atoms in total. The van der Waals surface area contributed by atoms with Crippen molar-refractivity contribution in [3.8, 4) is 11.8 Å². The first-order valence-electron chi connectivity index (χ1n) is 8.03. The molecule has 1 unspecified atom stereocenters. The molecule has 7 heteroatoms. The molecule has 0 saturated carbocycles. The van der Waals surface area contributed by atoms with Crippen LogP contribution in [0.1, 0.15) is 22.5 Å². The summed E-state index contributed by atoms with van der Waals surface area (Å²) < 4.78 is 6.06. The van der Waals surface area contributed by atoms with Crippen LogP contribution < -0.4 is 9.64 Å². The van der Waals surface area contributed by atoms with Gasteiger partial charge in [-0.1, -0.05) is 0 Å². The number of likely N-dealkylation sites (tertiary alicyclic amines) is 1. The van der Waals surface area contributed by atoms with E-state index >= 15 is 0 Å². The Labute approximate surface area is 146 Å². The fraction of sp³-hybridized carbons (Fsp3) is 0.333. The topological polar surface area (TPSA) is 82.4 Å². The molecule has 0 bridgehead atoms. The minimum absolute atomic E-state index is 0.0785. The van der Waals surface area contributed by atoms with Gasteiger partial charge in [0.25, 0.3) is 5.91 Å². The van der Waals surface area contributed by atoms with E-state index in [1.54, 1.807) is 23.2 Å². The molecule has 128 valence electrons. The van der Waals surface area contributed by atoms with Crippen LogP contribution in [0.2, 0.25) is 0 Å². The van der Waals surface area contributed by atoms with Crippen molar-refractivity contribution in [2.24, 2.45) is 0 Å². The lowest BCUT2D eigenvalue weighted by Gasteiger charge is -2.20. The highest BCUT2D eigenvalue weighted by molar-refractivity contribution is 5.92. The highest BCUT2D eigenvalue weighted by Crippen LogP contribution is 2.27. The molecule has 1 amide bonds. The van der Waals surface area contributed by atoms with Gasteiger partial charge in [-0.05, 0) is 24.3 Å². The fourth-order valence-electron chi connectivity index (χ4n) is 2.75. The summed E-state index contributed by atoms with van der Waals surface area (Å²) >= 11 is 0.